The van der Waals surface area contributed by atoms with E-state index in [4.69, 9.17) is 0 Å². The van der Waals surface area contributed by atoms with E-state index in [9.17, 15) is 0 Å². The minimum Gasteiger partial charge on any atom is -0.309 e. The van der Waals surface area contributed by atoms with Crippen molar-refractivity contribution in [3.63, 3.8) is 0 Å². The number of likely N-dealkylation sites (N-methyl/N-ethyl adjacent to an activating group) is 1. The third-order valence-corrected chi connectivity index (χ3v) is 3.27. The number of aromatic amines is 1. The van der Waals surface area contributed by atoms with Crippen LogP contribution in [-0.4, -0.2) is 45.5 Å². The van der Waals surface area contributed by atoms with E-state index >= 15 is 0 Å². The summed E-state index contributed by atoms with van der Waals surface area (Å²) in [5, 5.41) is 12.0. The average Bonchev–Trinajstić information content (AvgIpc) is 3.03. The number of nitrogens with one attached hydrogen (secondary N) is 1. The largest absolute Gasteiger partial charge is 0.309 e. The van der Waals surface area contributed by atoms with Crippen molar-refractivity contribution in [1.82, 2.24) is 24.9 Å². The number of H-pyrrole nitrogens is 1. The van der Waals surface area contributed by atoms with Gasteiger partial charge in [-0.15, -0.1) is 5.10 Å². The summed E-state index contributed by atoms with van der Waals surface area (Å²) in [6.45, 7) is 1.03. The van der Waals surface area contributed by atoms with E-state index in [-0.39, 0.29) is 0 Å². The molecule has 0 aliphatic rings. The van der Waals surface area contributed by atoms with Gasteiger partial charge in [0.25, 0.3) is 0 Å². The number of benzene rings is 1. The maximum absolute atomic E-state index is 4.16. The maximum Gasteiger partial charge on any atom is 0.179 e. The molecule has 0 amide bonds. The zero-order chi connectivity index (χ0) is 13.2. The zero-order valence-corrected chi connectivity index (χ0v) is 11.2. The Kier molecular flexibility index (Phi) is 3.05. The number of hydrogen-bond donors (Lipinski definition) is 1. The normalized spacial score (nSPS) is 11.5. The number of aromatic nitrogens is 4. The van der Waals surface area contributed by atoms with E-state index in [0.29, 0.717) is 0 Å². The van der Waals surface area contributed by atoms with Crippen LogP contribution in [0.2, 0.25) is 0 Å². The first-order valence-electron chi connectivity index (χ1n) is 6.35. The van der Waals surface area contributed by atoms with Gasteiger partial charge in [0.05, 0.1) is 11.7 Å². The summed E-state index contributed by atoms with van der Waals surface area (Å²) < 4.78 is 2.09. The molecule has 5 nitrogen and oxygen atoms in total. The number of nitrogens with zero attached hydrogens (tertiary/aromatic N) is 4. The molecule has 0 saturated heterocycles. The van der Waals surface area contributed by atoms with Gasteiger partial charge in [0.2, 0.25) is 0 Å². The third-order valence-electron chi connectivity index (χ3n) is 3.27. The lowest BCUT2D eigenvalue weighted by Gasteiger charge is -2.07. The number of fused-ring (bicyclic) bond motifs is 1. The Morgan fingerprint density at radius 3 is 2.84 bits per heavy atom. The van der Waals surface area contributed by atoms with Crippen LogP contribution in [0.25, 0.3) is 16.7 Å². The van der Waals surface area contributed by atoms with Crippen LogP contribution in [0, 0.1) is 0 Å². The lowest BCUT2D eigenvalue weighted by Crippen LogP contribution is -2.14. The molecule has 2 aromatic heterocycles. The van der Waals surface area contributed by atoms with Crippen molar-refractivity contribution in [2.24, 2.45) is 0 Å². The molecule has 98 valence electrons. The summed E-state index contributed by atoms with van der Waals surface area (Å²) in [6, 6.07) is 8.41. The monoisotopic (exact) mass is 255 g/mol. The predicted octanol–water partition coefficient (Wildman–Crippen LogP) is 1.85. The third kappa shape index (κ3) is 2.24. The van der Waals surface area contributed by atoms with Gasteiger partial charge in [-0.3, -0.25) is 4.57 Å². The van der Waals surface area contributed by atoms with Crippen molar-refractivity contribution >= 4 is 10.9 Å². The molecule has 0 radical (unpaired) electrons. The second kappa shape index (κ2) is 4.85. The molecule has 0 bridgehead atoms. The Hall–Kier alpha value is -2.14. The summed E-state index contributed by atoms with van der Waals surface area (Å²) >= 11 is 0. The molecule has 0 aliphatic heterocycles. The van der Waals surface area contributed by atoms with E-state index in [1.807, 2.05) is 0 Å². The van der Waals surface area contributed by atoms with Gasteiger partial charge >= 0.3 is 0 Å². The standard InChI is InChI=1S/C14H17N5/c1-18(2)8-7-11-10-19(14-9-15-17-16-14)13-6-4-3-5-12(11)13/h3-6,9-10H,7-8H2,1-2H3,(H,15,16,17). The van der Waals surface area contributed by atoms with E-state index in [2.05, 4.69) is 69.4 Å². The minimum absolute atomic E-state index is 0.826. The first-order valence-corrected chi connectivity index (χ1v) is 6.35. The topological polar surface area (TPSA) is 49.7 Å². The first-order chi connectivity index (χ1) is 9.25. The second-order valence-electron chi connectivity index (χ2n) is 4.92. The molecule has 1 aromatic carbocycles. The molecule has 3 rings (SSSR count). The molecular formula is C14H17N5. The van der Waals surface area contributed by atoms with Crippen molar-refractivity contribution in [2.45, 2.75) is 6.42 Å². The molecule has 5 heteroatoms. The smallest absolute Gasteiger partial charge is 0.179 e. The van der Waals surface area contributed by atoms with Crippen LogP contribution in [0.15, 0.2) is 36.7 Å². The lowest BCUT2D eigenvalue weighted by molar-refractivity contribution is 0.414. The Morgan fingerprint density at radius 2 is 2.11 bits per heavy atom. The SMILES string of the molecule is CN(C)CCc1cn(-c2cn[nH]n2)c2ccccc12. The average molecular weight is 255 g/mol. The highest BCUT2D eigenvalue weighted by molar-refractivity contribution is 5.85. The van der Waals surface area contributed by atoms with Crippen molar-refractivity contribution in [2.75, 3.05) is 20.6 Å². The van der Waals surface area contributed by atoms with Crippen LogP contribution in [0.5, 0.6) is 0 Å². The van der Waals surface area contributed by atoms with Gasteiger partial charge in [-0.05, 0) is 32.1 Å². The van der Waals surface area contributed by atoms with E-state index in [1.165, 1.54) is 16.5 Å². The van der Waals surface area contributed by atoms with Gasteiger partial charge in [0, 0.05) is 18.1 Å². The van der Waals surface area contributed by atoms with Crippen LogP contribution in [0.1, 0.15) is 5.56 Å². The number of para-hydroxylation sites is 1. The molecule has 0 spiro atoms. The Morgan fingerprint density at radius 1 is 1.26 bits per heavy atom. The molecule has 0 aliphatic carbocycles. The molecule has 0 saturated carbocycles. The fourth-order valence-electron chi connectivity index (χ4n) is 2.29. The van der Waals surface area contributed by atoms with E-state index in [1.54, 1.807) is 6.20 Å². The van der Waals surface area contributed by atoms with Crippen molar-refractivity contribution in [3.05, 3.63) is 42.2 Å². The molecule has 19 heavy (non-hydrogen) atoms. The van der Waals surface area contributed by atoms with Crippen LogP contribution >= 0.6 is 0 Å². The van der Waals surface area contributed by atoms with Crippen molar-refractivity contribution in [3.8, 4) is 5.82 Å². The predicted molar refractivity (Wildman–Crippen MR) is 75.5 cm³/mol. The summed E-state index contributed by atoms with van der Waals surface area (Å²) in [6.07, 6.45) is 4.92. The second-order valence-corrected chi connectivity index (χ2v) is 4.92. The number of rotatable bonds is 4. The molecule has 3 aromatic rings. The van der Waals surface area contributed by atoms with Crippen LogP contribution in [0.3, 0.4) is 0 Å². The summed E-state index contributed by atoms with van der Waals surface area (Å²) in [5.41, 5.74) is 2.51. The van der Waals surface area contributed by atoms with E-state index < -0.39 is 0 Å². The van der Waals surface area contributed by atoms with Crippen LogP contribution < -0.4 is 0 Å². The van der Waals surface area contributed by atoms with Gasteiger partial charge in [0.1, 0.15) is 0 Å². The van der Waals surface area contributed by atoms with Gasteiger partial charge in [-0.1, -0.05) is 18.2 Å². The highest BCUT2D eigenvalue weighted by atomic mass is 15.4. The van der Waals surface area contributed by atoms with Gasteiger partial charge in [0.15, 0.2) is 5.82 Å². The Balaban J connectivity index is 2.08. The van der Waals surface area contributed by atoms with E-state index in [0.717, 1.165) is 18.8 Å². The van der Waals surface area contributed by atoms with Crippen molar-refractivity contribution in [1.29, 1.82) is 0 Å². The Labute approximate surface area is 111 Å². The number of hydrogen-bond acceptors (Lipinski definition) is 3. The minimum atomic E-state index is 0.826. The van der Waals surface area contributed by atoms with Crippen LogP contribution in [-0.2, 0) is 6.42 Å². The maximum atomic E-state index is 4.16. The molecular weight excluding hydrogens is 238 g/mol. The van der Waals surface area contributed by atoms with Gasteiger partial charge in [-0.25, -0.2) is 0 Å². The molecule has 0 unspecified atom stereocenters. The van der Waals surface area contributed by atoms with Gasteiger partial charge in [-0.2, -0.15) is 10.3 Å². The van der Waals surface area contributed by atoms with Crippen molar-refractivity contribution < 1.29 is 0 Å². The highest BCUT2D eigenvalue weighted by Gasteiger charge is 2.10. The summed E-state index contributed by atoms with van der Waals surface area (Å²) in [5.74, 6) is 0.826. The van der Waals surface area contributed by atoms with Gasteiger partial charge < -0.3 is 4.90 Å². The lowest BCUT2D eigenvalue weighted by atomic mass is 10.1. The molecule has 1 N–H and O–H groups in total. The zero-order valence-electron chi connectivity index (χ0n) is 11.2. The molecule has 0 fully saturated rings. The molecule has 2 heterocycles. The fourth-order valence-corrected chi connectivity index (χ4v) is 2.29. The summed E-state index contributed by atoms with van der Waals surface area (Å²) in [4.78, 5) is 2.20. The first kappa shape index (κ1) is 11.9. The van der Waals surface area contributed by atoms with Crippen LogP contribution in [0.4, 0.5) is 0 Å². The quantitative estimate of drug-likeness (QED) is 0.774. The highest BCUT2D eigenvalue weighted by Crippen LogP contribution is 2.24. The molecule has 0 atom stereocenters. The summed E-state index contributed by atoms with van der Waals surface area (Å²) in [7, 11) is 4.19. The fraction of sp³-hybridized carbons (Fsp3) is 0.286. The Bertz CT molecular complexity index is 666.